The number of ether oxygens (including phenoxy) is 1. The molecule has 0 aliphatic heterocycles. The summed E-state index contributed by atoms with van der Waals surface area (Å²) in [6.07, 6.45) is 0. The van der Waals surface area contributed by atoms with Gasteiger partial charge in [-0.1, -0.05) is 48.5 Å². The van der Waals surface area contributed by atoms with Crippen molar-refractivity contribution in [3.05, 3.63) is 60.2 Å². The van der Waals surface area contributed by atoms with E-state index in [0.717, 1.165) is 21.5 Å². The highest BCUT2D eigenvalue weighted by Gasteiger charge is 2.17. The van der Waals surface area contributed by atoms with E-state index in [1.807, 2.05) is 54.6 Å². The molecule has 0 saturated heterocycles. The summed E-state index contributed by atoms with van der Waals surface area (Å²) in [6.45, 7) is -0.781. The molecule has 0 aliphatic carbocycles. The second-order valence-corrected chi connectivity index (χ2v) is 5.51. The molecule has 25 heavy (non-hydrogen) atoms. The normalized spacial score (nSPS) is 10.6. The van der Waals surface area contributed by atoms with Gasteiger partial charge in [0.25, 0.3) is 5.91 Å². The average Bonchev–Trinajstić information content (AvgIpc) is 2.62. The number of benzene rings is 3. The molecule has 3 N–H and O–H groups in total. The lowest BCUT2D eigenvalue weighted by molar-refractivity contribution is -0.127. The standard InChI is InChI=1S/C19H16N2O4/c20-16(22)10-21-17(23)11-25-19(24)18-14-7-3-1-5-12(14)9-13-6-2-4-8-15(13)18/h1-9H,10-11H2,(H2,20,22)(H,21,23). The van der Waals surface area contributed by atoms with Gasteiger partial charge in [0.15, 0.2) is 6.61 Å². The van der Waals surface area contributed by atoms with Crippen LogP contribution < -0.4 is 11.1 Å². The van der Waals surface area contributed by atoms with E-state index in [1.54, 1.807) is 0 Å². The zero-order valence-corrected chi connectivity index (χ0v) is 13.3. The quantitative estimate of drug-likeness (QED) is 0.548. The number of nitrogens with two attached hydrogens (primary N) is 1. The zero-order valence-electron chi connectivity index (χ0n) is 13.3. The minimum absolute atomic E-state index is 0.298. The predicted molar refractivity (Wildman–Crippen MR) is 93.9 cm³/mol. The topological polar surface area (TPSA) is 98.5 Å². The van der Waals surface area contributed by atoms with Crippen LogP contribution in [0.4, 0.5) is 0 Å². The Morgan fingerprint density at radius 2 is 1.48 bits per heavy atom. The maximum atomic E-state index is 12.6. The summed E-state index contributed by atoms with van der Waals surface area (Å²) < 4.78 is 5.14. The fourth-order valence-electron chi connectivity index (χ4n) is 2.67. The Morgan fingerprint density at radius 3 is 2.04 bits per heavy atom. The van der Waals surface area contributed by atoms with Crippen molar-refractivity contribution >= 4 is 39.3 Å². The molecule has 0 heterocycles. The van der Waals surface area contributed by atoms with E-state index in [-0.39, 0.29) is 6.54 Å². The molecule has 6 nitrogen and oxygen atoms in total. The monoisotopic (exact) mass is 336 g/mol. The van der Waals surface area contributed by atoms with Crippen LogP contribution in [0.2, 0.25) is 0 Å². The van der Waals surface area contributed by atoms with Crippen molar-refractivity contribution in [2.45, 2.75) is 0 Å². The lowest BCUT2D eigenvalue weighted by Crippen LogP contribution is -2.36. The number of rotatable bonds is 5. The van der Waals surface area contributed by atoms with Crippen molar-refractivity contribution in [1.82, 2.24) is 5.32 Å². The summed E-state index contributed by atoms with van der Waals surface area (Å²) in [4.78, 5) is 34.9. The fraction of sp³-hybridized carbons (Fsp3) is 0.105. The van der Waals surface area contributed by atoms with Crippen molar-refractivity contribution in [2.75, 3.05) is 13.2 Å². The smallest absolute Gasteiger partial charge is 0.339 e. The van der Waals surface area contributed by atoms with Gasteiger partial charge in [0.2, 0.25) is 5.91 Å². The highest BCUT2D eigenvalue weighted by atomic mass is 16.5. The number of hydrogen-bond donors (Lipinski definition) is 2. The number of amides is 2. The Labute approximate surface area is 143 Å². The molecule has 0 aliphatic rings. The van der Waals surface area contributed by atoms with Crippen LogP contribution in [0.3, 0.4) is 0 Å². The molecule has 2 amide bonds. The van der Waals surface area contributed by atoms with Crippen LogP contribution in [0.5, 0.6) is 0 Å². The van der Waals surface area contributed by atoms with Crippen LogP contribution >= 0.6 is 0 Å². The minimum atomic E-state index is -0.667. The molecule has 0 bridgehead atoms. The Hall–Kier alpha value is -3.41. The molecule has 3 aromatic carbocycles. The van der Waals surface area contributed by atoms with E-state index >= 15 is 0 Å². The fourth-order valence-corrected chi connectivity index (χ4v) is 2.67. The second-order valence-electron chi connectivity index (χ2n) is 5.51. The molecular weight excluding hydrogens is 320 g/mol. The molecule has 3 aromatic rings. The first-order valence-electron chi connectivity index (χ1n) is 7.69. The zero-order chi connectivity index (χ0) is 17.8. The van der Waals surface area contributed by atoms with Gasteiger partial charge in [-0.3, -0.25) is 9.59 Å². The molecule has 0 aromatic heterocycles. The lowest BCUT2D eigenvalue weighted by atomic mass is 9.97. The molecule has 0 radical (unpaired) electrons. The van der Waals surface area contributed by atoms with E-state index in [9.17, 15) is 14.4 Å². The second kappa shape index (κ2) is 7.00. The van der Waals surface area contributed by atoms with E-state index < -0.39 is 24.4 Å². The van der Waals surface area contributed by atoms with E-state index in [1.165, 1.54) is 0 Å². The van der Waals surface area contributed by atoms with Crippen LogP contribution in [-0.4, -0.2) is 30.9 Å². The molecule has 0 saturated carbocycles. The molecule has 0 atom stereocenters. The molecule has 0 spiro atoms. The number of esters is 1. The Balaban J connectivity index is 1.91. The van der Waals surface area contributed by atoms with Crippen molar-refractivity contribution in [2.24, 2.45) is 5.73 Å². The number of hydrogen-bond acceptors (Lipinski definition) is 4. The van der Waals surface area contributed by atoms with Gasteiger partial charge in [0, 0.05) is 0 Å². The highest BCUT2D eigenvalue weighted by Crippen LogP contribution is 2.28. The molecule has 6 heteroatoms. The Morgan fingerprint density at radius 1 is 0.920 bits per heavy atom. The number of carbonyl (C=O) groups is 3. The predicted octanol–water partition coefficient (Wildman–Crippen LogP) is 1.75. The molecule has 0 unspecified atom stereocenters. The third kappa shape index (κ3) is 3.58. The Kier molecular flexibility index (Phi) is 4.61. The van der Waals surface area contributed by atoms with Crippen LogP contribution in [0.25, 0.3) is 21.5 Å². The summed E-state index contributed by atoms with van der Waals surface area (Å²) in [5.41, 5.74) is 5.36. The van der Waals surface area contributed by atoms with Crippen LogP contribution in [0.15, 0.2) is 54.6 Å². The number of nitrogens with one attached hydrogen (secondary N) is 1. The maximum Gasteiger partial charge on any atom is 0.339 e. The van der Waals surface area contributed by atoms with Crippen LogP contribution in [0.1, 0.15) is 10.4 Å². The SMILES string of the molecule is NC(=O)CNC(=O)COC(=O)c1c2ccccc2cc2ccccc12. The summed E-state index contributed by atoms with van der Waals surface area (Å²) in [5.74, 6) is -1.85. The third-order valence-electron chi connectivity index (χ3n) is 3.77. The largest absolute Gasteiger partial charge is 0.452 e. The van der Waals surface area contributed by atoms with Crippen molar-refractivity contribution in [1.29, 1.82) is 0 Å². The minimum Gasteiger partial charge on any atom is -0.452 e. The van der Waals surface area contributed by atoms with Crippen molar-refractivity contribution in [3.63, 3.8) is 0 Å². The van der Waals surface area contributed by atoms with E-state index in [0.29, 0.717) is 5.56 Å². The Bertz CT molecular complexity index is 927. The van der Waals surface area contributed by atoms with Crippen molar-refractivity contribution < 1.29 is 19.1 Å². The molecular formula is C19H16N2O4. The summed E-state index contributed by atoms with van der Waals surface area (Å²) in [6, 6.07) is 17.0. The third-order valence-corrected chi connectivity index (χ3v) is 3.77. The van der Waals surface area contributed by atoms with Gasteiger partial charge in [-0.05, 0) is 27.6 Å². The first-order valence-corrected chi connectivity index (χ1v) is 7.69. The summed E-state index contributed by atoms with van der Waals surface area (Å²) >= 11 is 0. The van der Waals surface area contributed by atoms with Gasteiger partial charge in [0.1, 0.15) is 0 Å². The molecule has 0 fully saturated rings. The van der Waals surface area contributed by atoms with Gasteiger partial charge < -0.3 is 15.8 Å². The summed E-state index contributed by atoms with van der Waals surface area (Å²) in [5, 5.41) is 5.60. The van der Waals surface area contributed by atoms with Gasteiger partial charge in [-0.15, -0.1) is 0 Å². The molecule has 126 valence electrons. The van der Waals surface area contributed by atoms with Gasteiger partial charge in [-0.2, -0.15) is 0 Å². The number of carbonyl (C=O) groups excluding carboxylic acids is 3. The molecule has 3 rings (SSSR count). The average molecular weight is 336 g/mol. The van der Waals surface area contributed by atoms with E-state index in [4.69, 9.17) is 10.5 Å². The first-order chi connectivity index (χ1) is 12.1. The number of fused-ring (bicyclic) bond motifs is 2. The summed E-state index contributed by atoms with van der Waals surface area (Å²) in [7, 11) is 0. The lowest BCUT2D eigenvalue weighted by Gasteiger charge is -2.11. The first kappa shape index (κ1) is 16.4. The van der Waals surface area contributed by atoms with Crippen LogP contribution in [-0.2, 0) is 14.3 Å². The number of primary amides is 1. The van der Waals surface area contributed by atoms with Crippen LogP contribution in [0, 0.1) is 0 Å². The van der Waals surface area contributed by atoms with Crippen molar-refractivity contribution in [3.8, 4) is 0 Å². The highest BCUT2D eigenvalue weighted by molar-refractivity contribution is 6.16. The van der Waals surface area contributed by atoms with Gasteiger partial charge >= 0.3 is 5.97 Å². The van der Waals surface area contributed by atoms with Gasteiger partial charge in [0.05, 0.1) is 12.1 Å². The maximum absolute atomic E-state index is 12.6. The van der Waals surface area contributed by atoms with Gasteiger partial charge in [-0.25, -0.2) is 4.79 Å². The van der Waals surface area contributed by atoms with E-state index in [2.05, 4.69) is 5.32 Å².